The Hall–Kier alpha value is -1.52. The summed E-state index contributed by atoms with van der Waals surface area (Å²) >= 11 is 6.02. The highest BCUT2D eigenvalue weighted by Crippen LogP contribution is 2.23. The lowest BCUT2D eigenvalue weighted by Crippen LogP contribution is -2.04. The number of hydrogen-bond donors (Lipinski definition) is 1. The second-order valence-corrected chi connectivity index (χ2v) is 4.42. The van der Waals surface area contributed by atoms with E-state index in [1.165, 1.54) is 0 Å². The molecule has 2 rings (SSSR count). The summed E-state index contributed by atoms with van der Waals surface area (Å²) in [7, 11) is 1.94. The molecule has 0 atom stereocenters. The van der Waals surface area contributed by atoms with Crippen LogP contribution in [0.5, 0.6) is 5.75 Å². The Morgan fingerprint density at radius 2 is 2.17 bits per heavy atom. The monoisotopic (exact) mass is 265 g/mol. The second-order valence-electron chi connectivity index (χ2n) is 4.02. The Morgan fingerprint density at radius 3 is 2.89 bits per heavy atom. The van der Waals surface area contributed by atoms with Crippen molar-refractivity contribution < 1.29 is 4.74 Å². The molecule has 1 heterocycles. The van der Waals surface area contributed by atoms with Crippen LogP contribution in [0.25, 0.3) is 0 Å². The third-order valence-corrected chi connectivity index (χ3v) is 2.93. The number of aryl methyl sites for hydroxylation is 1. The maximum atomic E-state index is 6.02. The van der Waals surface area contributed by atoms with Gasteiger partial charge in [0.25, 0.3) is 0 Å². The van der Waals surface area contributed by atoms with Gasteiger partial charge in [0.2, 0.25) is 0 Å². The Morgan fingerprint density at radius 1 is 1.39 bits per heavy atom. The summed E-state index contributed by atoms with van der Waals surface area (Å²) < 4.78 is 7.59. The van der Waals surface area contributed by atoms with Crippen LogP contribution < -0.4 is 10.5 Å². The molecule has 4 nitrogen and oxygen atoms in total. The van der Waals surface area contributed by atoms with Crippen molar-refractivity contribution in [2.24, 2.45) is 12.8 Å². The van der Waals surface area contributed by atoms with Crippen LogP contribution in [0.15, 0.2) is 30.5 Å². The lowest BCUT2D eigenvalue weighted by atomic mass is 10.3. The fraction of sp³-hybridized carbons (Fsp3) is 0.308. The van der Waals surface area contributed by atoms with E-state index in [9.17, 15) is 0 Å². The molecule has 96 valence electrons. The average Bonchev–Trinajstić information content (AvgIpc) is 2.69. The van der Waals surface area contributed by atoms with Gasteiger partial charge >= 0.3 is 0 Å². The van der Waals surface area contributed by atoms with E-state index in [0.29, 0.717) is 23.9 Å². The number of benzene rings is 1. The molecule has 0 fully saturated rings. The third kappa shape index (κ3) is 3.03. The molecule has 1 aromatic heterocycles. The molecule has 0 radical (unpaired) electrons. The molecule has 1 aromatic carbocycles. The molecule has 2 N–H and O–H groups in total. The first-order chi connectivity index (χ1) is 8.70. The highest BCUT2D eigenvalue weighted by Gasteiger charge is 2.07. The molecule has 0 aliphatic rings. The lowest BCUT2D eigenvalue weighted by molar-refractivity contribution is 0.292. The summed E-state index contributed by atoms with van der Waals surface area (Å²) in [6, 6.07) is 7.40. The van der Waals surface area contributed by atoms with Gasteiger partial charge in [0.05, 0.1) is 10.7 Å². The van der Waals surface area contributed by atoms with E-state index in [-0.39, 0.29) is 0 Å². The van der Waals surface area contributed by atoms with Crippen LogP contribution in [-0.2, 0) is 20.1 Å². The zero-order chi connectivity index (χ0) is 13.0. The van der Waals surface area contributed by atoms with Crippen molar-refractivity contribution in [1.82, 2.24) is 9.55 Å². The van der Waals surface area contributed by atoms with E-state index >= 15 is 0 Å². The highest BCUT2D eigenvalue weighted by atomic mass is 35.5. The summed E-state index contributed by atoms with van der Waals surface area (Å²) in [6.45, 7) is 0.993. The molecule has 2 aromatic rings. The SMILES string of the molecule is Cn1cc(CCN)nc1COc1ccccc1Cl. The first kappa shape index (κ1) is 12.9. The van der Waals surface area contributed by atoms with Crippen LogP contribution in [0.3, 0.4) is 0 Å². The Labute approximate surface area is 111 Å². The van der Waals surface area contributed by atoms with E-state index < -0.39 is 0 Å². The van der Waals surface area contributed by atoms with Gasteiger partial charge in [-0.1, -0.05) is 23.7 Å². The van der Waals surface area contributed by atoms with Gasteiger partial charge in [-0.25, -0.2) is 4.98 Å². The topological polar surface area (TPSA) is 53.1 Å². The lowest BCUT2D eigenvalue weighted by Gasteiger charge is -2.07. The van der Waals surface area contributed by atoms with Crippen molar-refractivity contribution >= 4 is 11.6 Å². The van der Waals surface area contributed by atoms with Crippen LogP contribution in [-0.4, -0.2) is 16.1 Å². The Kier molecular flexibility index (Phi) is 4.23. The molecular weight excluding hydrogens is 250 g/mol. The van der Waals surface area contributed by atoms with Crippen molar-refractivity contribution in [2.45, 2.75) is 13.0 Å². The number of ether oxygens (including phenoxy) is 1. The fourth-order valence-electron chi connectivity index (χ4n) is 1.68. The van der Waals surface area contributed by atoms with Gasteiger partial charge in [-0.05, 0) is 18.7 Å². The zero-order valence-corrected chi connectivity index (χ0v) is 11.0. The van der Waals surface area contributed by atoms with Crippen molar-refractivity contribution in [2.75, 3.05) is 6.54 Å². The normalized spacial score (nSPS) is 10.6. The van der Waals surface area contributed by atoms with E-state index in [1.807, 2.05) is 36.0 Å². The van der Waals surface area contributed by atoms with Gasteiger partial charge in [-0.15, -0.1) is 0 Å². The smallest absolute Gasteiger partial charge is 0.146 e. The molecule has 0 spiro atoms. The largest absolute Gasteiger partial charge is 0.484 e. The van der Waals surface area contributed by atoms with Gasteiger partial charge in [0.15, 0.2) is 0 Å². The number of para-hydroxylation sites is 1. The van der Waals surface area contributed by atoms with Crippen LogP contribution in [0.2, 0.25) is 5.02 Å². The van der Waals surface area contributed by atoms with Crippen molar-refractivity contribution in [3.8, 4) is 5.75 Å². The molecule has 5 heteroatoms. The number of halogens is 1. The molecular formula is C13H16ClN3O. The molecule has 0 saturated carbocycles. The number of nitrogens with zero attached hydrogens (tertiary/aromatic N) is 2. The minimum absolute atomic E-state index is 0.394. The minimum atomic E-state index is 0.394. The molecule has 0 aliphatic carbocycles. The Bertz CT molecular complexity index is 525. The number of aromatic nitrogens is 2. The minimum Gasteiger partial charge on any atom is -0.484 e. The first-order valence-electron chi connectivity index (χ1n) is 5.79. The first-order valence-corrected chi connectivity index (χ1v) is 6.17. The van der Waals surface area contributed by atoms with E-state index in [2.05, 4.69) is 4.98 Å². The maximum Gasteiger partial charge on any atom is 0.146 e. The van der Waals surface area contributed by atoms with Crippen LogP contribution >= 0.6 is 11.6 Å². The standard InChI is InChI=1S/C13H16ClN3O/c1-17-8-10(6-7-15)16-13(17)9-18-12-5-3-2-4-11(12)14/h2-5,8H,6-7,9,15H2,1H3. The summed E-state index contributed by atoms with van der Waals surface area (Å²) in [5, 5.41) is 0.605. The van der Waals surface area contributed by atoms with Crippen molar-refractivity contribution in [1.29, 1.82) is 0 Å². The quantitative estimate of drug-likeness (QED) is 0.901. The predicted molar refractivity (Wildman–Crippen MR) is 71.8 cm³/mol. The number of rotatable bonds is 5. The van der Waals surface area contributed by atoms with E-state index in [4.69, 9.17) is 22.1 Å². The number of hydrogen-bond acceptors (Lipinski definition) is 3. The summed E-state index contributed by atoms with van der Waals surface area (Å²) in [6.07, 6.45) is 2.75. The number of nitrogens with two attached hydrogens (primary N) is 1. The molecule has 0 amide bonds. The third-order valence-electron chi connectivity index (χ3n) is 2.62. The molecule has 0 bridgehead atoms. The van der Waals surface area contributed by atoms with Gasteiger partial charge < -0.3 is 15.0 Å². The average molecular weight is 266 g/mol. The maximum absolute atomic E-state index is 6.02. The molecule has 0 saturated heterocycles. The molecule has 0 unspecified atom stereocenters. The van der Waals surface area contributed by atoms with Gasteiger partial charge in [0, 0.05) is 19.7 Å². The van der Waals surface area contributed by atoms with E-state index in [1.54, 1.807) is 6.07 Å². The Balaban J connectivity index is 2.04. The summed E-state index contributed by atoms with van der Waals surface area (Å²) in [5.74, 6) is 1.53. The number of imidazole rings is 1. The molecule has 0 aliphatic heterocycles. The molecule has 18 heavy (non-hydrogen) atoms. The van der Waals surface area contributed by atoms with Crippen molar-refractivity contribution in [3.05, 3.63) is 47.0 Å². The highest BCUT2D eigenvalue weighted by molar-refractivity contribution is 6.32. The van der Waals surface area contributed by atoms with Gasteiger partial charge in [0.1, 0.15) is 18.2 Å². The summed E-state index contributed by atoms with van der Waals surface area (Å²) in [5.41, 5.74) is 6.49. The van der Waals surface area contributed by atoms with Crippen molar-refractivity contribution in [3.63, 3.8) is 0 Å². The fourth-order valence-corrected chi connectivity index (χ4v) is 1.87. The zero-order valence-electron chi connectivity index (χ0n) is 10.3. The van der Waals surface area contributed by atoms with Crippen LogP contribution in [0.4, 0.5) is 0 Å². The van der Waals surface area contributed by atoms with Crippen LogP contribution in [0, 0.1) is 0 Å². The predicted octanol–water partition coefficient (Wildman–Crippen LogP) is 2.15. The van der Waals surface area contributed by atoms with Gasteiger partial charge in [-0.2, -0.15) is 0 Å². The van der Waals surface area contributed by atoms with Crippen LogP contribution in [0.1, 0.15) is 11.5 Å². The van der Waals surface area contributed by atoms with Gasteiger partial charge in [-0.3, -0.25) is 0 Å². The second kappa shape index (κ2) is 5.89. The van der Waals surface area contributed by atoms with E-state index in [0.717, 1.165) is 17.9 Å². The summed E-state index contributed by atoms with van der Waals surface area (Å²) in [4.78, 5) is 4.46.